The highest BCUT2D eigenvalue weighted by atomic mass is 35.5. The second-order valence-electron chi connectivity index (χ2n) is 5.74. The maximum absolute atomic E-state index is 6.22. The lowest BCUT2D eigenvalue weighted by Gasteiger charge is -2.31. The van der Waals surface area contributed by atoms with Crippen LogP contribution in [0.2, 0.25) is 5.02 Å². The first kappa shape index (κ1) is 15.5. The summed E-state index contributed by atoms with van der Waals surface area (Å²) in [6.45, 7) is 4.78. The van der Waals surface area contributed by atoms with Crippen molar-refractivity contribution < 1.29 is 9.15 Å². The minimum Gasteiger partial charge on any atom is -0.441 e. The molecule has 1 aliphatic heterocycles. The summed E-state index contributed by atoms with van der Waals surface area (Å²) in [5.74, 6) is 1.45. The van der Waals surface area contributed by atoms with Gasteiger partial charge in [-0.2, -0.15) is 0 Å². The molecule has 1 atom stereocenters. The fourth-order valence-corrected chi connectivity index (χ4v) is 3.10. The van der Waals surface area contributed by atoms with Crippen LogP contribution < -0.4 is 0 Å². The van der Waals surface area contributed by atoms with Crippen molar-refractivity contribution in [3.05, 3.63) is 40.7 Å². The van der Waals surface area contributed by atoms with Crippen LogP contribution in [0.15, 0.2) is 28.7 Å². The van der Waals surface area contributed by atoms with Crippen molar-refractivity contribution in [2.24, 2.45) is 0 Å². The number of benzene rings is 1. The van der Waals surface area contributed by atoms with Crippen LogP contribution in [0.1, 0.15) is 24.3 Å². The number of nitrogens with zero attached hydrogens (tertiary/aromatic N) is 2. The molecule has 0 aliphatic carbocycles. The second kappa shape index (κ2) is 6.82. The van der Waals surface area contributed by atoms with Crippen LogP contribution in [0.3, 0.4) is 0 Å². The Morgan fingerprint density at radius 1 is 1.41 bits per heavy atom. The van der Waals surface area contributed by atoms with Crippen molar-refractivity contribution in [3.63, 3.8) is 0 Å². The summed E-state index contributed by atoms with van der Waals surface area (Å²) >= 11 is 6.22. The van der Waals surface area contributed by atoms with Gasteiger partial charge in [0.1, 0.15) is 5.76 Å². The Labute approximate surface area is 136 Å². The quantitative estimate of drug-likeness (QED) is 0.856. The fraction of sp³-hybridized carbons (Fsp3) is 0.471. The van der Waals surface area contributed by atoms with Gasteiger partial charge in [0.25, 0.3) is 0 Å². The average Bonchev–Trinajstić information content (AvgIpc) is 2.89. The number of hydrogen-bond acceptors (Lipinski definition) is 4. The number of hydrogen-bond donors (Lipinski definition) is 0. The van der Waals surface area contributed by atoms with E-state index in [2.05, 4.69) is 9.88 Å². The minimum atomic E-state index is 0.323. The van der Waals surface area contributed by atoms with E-state index in [0.717, 1.165) is 49.5 Å². The van der Waals surface area contributed by atoms with Crippen LogP contribution in [0, 0.1) is 6.92 Å². The van der Waals surface area contributed by atoms with Crippen LogP contribution in [-0.4, -0.2) is 36.2 Å². The molecule has 0 radical (unpaired) electrons. The molecule has 5 heteroatoms. The van der Waals surface area contributed by atoms with Gasteiger partial charge in [0.15, 0.2) is 0 Å². The summed E-state index contributed by atoms with van der Waals surface area (Å²) in [4.78, 5) is 7.03. The van der Waals surface area contributed by atoms with Crippen molar-refractivity contribution in [1.29, 1.82) is 0 Å². The molecule has 0 unspecified atom stereocenters. The Morgan fingerprint density at radius 3 is 3.00 bits per heavy atom. The summed E-state index contributed by atoms with van der Waals surface area (Å²) in [6.07, 6.45) is 2.62. The number of ether oxygens (including phenoxy) is 1. The van der Waals surface area contributed by atoms with E-state index < -0.39 is 0 Å². The number of rotatable bonds is 4. The number of likely N-dealkylation sites (tertiary alicyclic amines) is 1. The first-order valence-corrected chi connectivity index (χ1v) is 8.01. The van der Waals surface area contributed by atoms with Gasteiger partial charge in [-0.05, 0) is 38.4 Å². The summed E-state index contributed by atoms with van der Waals surface area (Å²) in [5.41, 5.74) is 1.82. The summed E-state index contributed by atoms with van der Waals surface area (Å²) in [5, 5.41) is 0.660. The van der Waals surface area contributed by atoms with Crippen LogP contribution in [0.4, 0.5) is 0 Å². The zero-order chi connectivity index (χ0) is 15.5. The summed E-state index contributed by atoms with van der Waals surface area (Å²) in [7, 11) is 1.78. The third kappa shape index (κ3) is 3.35. The van der Waals surface area contributed by atoms with Gasteiger partial charge in [-0.3, -0.25) is 4.90 Å². The molecule has 0 N–H and O–H groups in total. The van der Waals surface area contributed by atoms with E-state index in [1.807, 2.05) is 31.2 Å². The molecule has 1 aromatic carbocycles. The normalized spacial score (nSPS) is 19.5. The lowest BCUT2D eigenvalue weighted by molar-refractivity contribution is 0.0280. The third-order valence-electron chi connectivity index (χ3n) is 4.17. The molecule has 1 fully saturated rings. The minimum absolute atomic E-state index is 0.323. The molecule has 2 aromatic rings. The standard InChI is InChI=1S/C17H21ClN2O2/c1-12-16(11-20-9-5-6-13(10-20)21-2)19-17(22-12)14-7-3-4-8-15(14)18/h3-4,7-8,13H,5-6,9-11H2,1-2H3/t13-/m1/s1. The molecule has 118 valence electrons. The largest absolute Gasteiger partial charge is 0.441 e. The molecule has 0 amide bonds. The number of oxazole rings is 1. The van der Waals surface area contributed by atoms with Gasteiger partial charge in [-0.25, -0.2) is 4.98 Å². The van der Waals surface area contributed by atoms with Gasteiger partial charge in [0, 0.05) is 20.2 Å². The SMILES string of the molecule is CO[C@@H]1CCCN(Cc2nc(-c3ccccc3Cl)oc2C)C1. The Kier molecular flexibility index (Phi) is 4.81. The lowest BCUT2D eigenvalue weighted by atomic mass is 10.1. The van der Waals surface area contributed by atoms with Crippen molar-refractivity contribution in [2.75, 3.05) is 20.2 Å². The van der Waals surface area contributed by atoms with Crippen molar-refractivity contribution in [2.45, 2.75) is 32.4 Å². The Hall–Kier alpha value is -1.36. The van der Waals surface area contributed by atoms with Crippen LogP contribution in [0.5, 0.6) is 0 Å². The van der Waals surface area contributed by atoms with Gasteiger partial charge < -0.3 is 9.15 Å². The first-order valence-electron chi connectivity index (χ1n) is 7.63. The third-order valence-corrected chi connectivity index (χ3v) is 4.50. The molecule has 0 bridgehead atoms. The van der Waals surface area contributed by atoms with E-state index in [-0.39, 0.29) is 0 Å². The fourth-order valence-electron chi connectivity index (χ4n) is 2.89. The molecule has 2 heterocycles. The number of aryl methyl sites for hydroxylation is 1. The average molecular weight is 321 g/mol. The summed E-state index contributed by atoms with van der Waals surface area (Å²) < 4.78 is 11.3. The van der Waals surface area contributed by atoms with E-state index in [1.54, 1.807) is 7.11 Å². The number of piperidine rings is 1. The Balaban J connectivity index is 1.77. The summed E-state index contributed by atoms with van der Waals surface area (Å²) in [6, 6.07) is 7.62. The molecule has 3 rings (SSSR count). The monoisotopic (exact) mass is 320 g/mol. The molecule has 0 spiro atoms. The highest BCUT2D eigenvalue weighted by Crippen LogP contribution is 2.29. The van der Waals surface area contributed by atoms with Crippen LogP contribution in [0.25, 0.3) is 11.5 Å². The second-order valence-corrected chi connectivity index (χ2v) is 6.14. The molecule has 1 saturated heterocycles. The molecular weight excluding hydrogens is 300 g/mol. The van der Waals surface area contributed by atoms with Crippen molar-refractivity contribution >= 4 is 11.6 Å². The van der Waals surface area contributed by atoms with Crippen molar-refractivity contribution in [1.82, 2.24) is 9.88 Å². The van der Waals surface area contributed by atoms with Gasteiger partial charge >= 0.3 is 0 Å². The zero-order valence-electron chi connectivity index (χ0n) is 13.0. The van der Waals surface area contributed by atoms with Gasteiger partial charge in [-0.15, -0.1) is 0 Å². The van der Waals surface area contributed by atoms with E-state index >= 15 is 0 Å². The molecule has 0 saturated carbocycles. The predicted molar refractivity (Wildman–Crippen MR) is 87.0 cm³/mol. The molecule has 1 aromatic heterocycles. The molecule has 4 nitrogen and oxygen atoms in total. The number of methoxy groups -OCH3 is 1. The van der Waals surface area contributed by atoms with E-state index in [9.17, 15) is 0 Å². The topological polar surface area (TPSA) is 38.5 Å². The first-order chi connectivity index (χ1) is 10.7. The van der Waals surface area contributed by atoms with Gasteiger partial charge in [0.2, 0.25) is 5.89 Å². The number of aromatic nitrogens is 1. The molecule has 22 heavy (non-hydrogen) atoms. The molecule has 1 aliphatic rings. The smallest absolute Gasteiger partial charge is 0.228 e. The Morgan fingerprint density at radius 2 is 2.23 bits per heavy atom. The zero-order valence-corrected chi connectivity index (χ0v) is 13.8. The maximum Gasteiger partial charge on any atom is 0.228 e. The van der Waals surface area contributed by atoms with E-state index in [4.69, 9.17) is 20.8 Å². The van der Waals surface area contributed by atoms with Gasteiger partial charge in [-0.1, -0.05) is 23.7 Å². The Bertz CT molecular complexity index is 641. The van der Waals surface area contributed by atoms with Crippen molar-refractivity contribution in [3.8, 4) is 11.5 Å². The van der Waals surface area contributed by atoms with Crippen LogP contribution >= 0.6 is 11.6 Å². The van der Waals surface area contributed by atoms with E-state index in [0.29, 0.717) is 17.0 Å². The highest BCUT2D eigenvalue weighted by molar-refractivity contribution is 6.33. The molecular formula is C17H21ClN2O2. The maximum atomic E-state index is 6.22. The lowest BCUT2D eigenvalue weighted by Crippen LogP contribution is -2.38. The predicted octanol–water partition coefficient (Wildman–Crippen LogP) is 3.91. The number of halogens is 1. The highest BCUT2D eigenvalue weighted by Gasteiger charge is 2.22. The van der Waals surface area contributed by atoms with Gasteiger partial charge in [0.05, 0.1) is 22.4 Å². The van der Waals surface area contributed by atoms with E-state index in [1.165, 1.54) is 0 Å². The van der Waals surface area contributed by atoms with Crippen LogP contribution in [-0.2, 0) is 11.3 Å².